The monoisotopic (exact) mass is 1040 g/mol. The Bertz CT molecular complexity index is 1530. The Morgan fingerprint density at radius 1 is 0.493 bits per heavy atom. The van der Waals surface area contributed by atoms with Crippen molar-refractivity contribution < 1.29 is 37.3 Å². The molecule has 3 atom stereocenters. The molecule has 73 heavy (non-hydrogen) atoms. The van der Waals surface area contributed by atoms with E-state index in [9.17, 15) is 19.0 Å². The number of hydrogen-bond acceptors (Lipinski definition) is 6. The molecular weight excluding hydrogens is 928 g/mol. The van der Waals surface area contributed by atoms with Crippen molar-refractivity contribution in [2.45, 2.75) is 264 Å². The molecule has 0 spiro atoms. The van der Waals surface area contributed by atoms with Crippen molar-refractivity contribution >= 4 is 19.7 Å². The number of allylic oxidation sites excluding steroid dienone is 13. The van der Waals surface area contributed by atoms with E-state index in [-0.39, 0.29) is 37.9 Å². The zero-order chi connectivity index (χ0) is 53.6. The molecule has 0 radical (unpaired) electrons. The van der Waals surface area contributed by atoms with Crippen LogP contribution >= 0.6 is 7.82 Å². The summed E-state index contributed by atoms with van der Waals surface area (Å²) in [4.78, 5) is 37.6. The van der Waals surface area contributed by atoms with Crippen LogP contribution in [0.25, 0.3) is 0 Å². The van der Waals surface area contributed by atoms with E-state index in [1.165, 1.54) is 135 Å². The van der Waals surface area contributed by atoms with Gasteiger partial charge in [-0.3, -0.25) is 18.6 Å². The molecule has 0 saturated carbocycles. The largest absolute Gasteiger partial charge is 0.472 e. The summed E-state index contributed by atoms with van der Waals surface area (Å²) < 4.78 is 30.6. The Kier molecular flexibility index (Phi) is 50.6. The lowest BCUT2D eigenvalue weighted by Gasteiger charge is -2.27. The van der Waals surface area contributed by atoms with Crippen molar-refractivity contribution in [3.05, 3.63) is 85.1 Å². The van der Waals surface area contributed by atoms with E-state index in [1.807, 2.05) is 33.3 Å². The molecule has 0 rings (SSSR count). The second kappa shape index (κ2) is 52.6. The predicted molar refractivity (Wildman–Crippen MR) is 314 cm³/mol. The van der Waals surface area contributed by atoms with Crippen LogP contribution in [0.1, 0.15) is 252 Å². The van der Waals surface area contributed by atoms with Gasteiger partial charge in [0.25, 0.3) is 0 Å². The summed E-state index contributed by atoms with van der Waals surface area (Å²) in [6.45, 7) is 6.84. The highest BCUT2D eigenvalue weighted by Gasteiger charge is 2.30. The van der Waals surface area contributed by atoms with E-state index >= 15 is 0 Å². The average Bonchev–Trinajstić information content (AvgIpc) is 3.35. The highest BCUT2D eigenvalue weighted by Crippen LogP contribution is 2.43. The minimum Gasteiger partial charge on any atom is -0.456 e. The van der Waals surface area contributed by atoms with Crippen molar-refractivity contribution in [2.75, 3.05) is 40.9 Å². The van der Waals surface area contributed by atoms with Gasteiger partial charge in [-0.2, -0.15) is 0 Å². The first-order valence-corrected chi connectivity index (χ1v) is 31.4. The molecule has 422 valence electrons. The fourth-order valence-corrected chi connectivity index (χ4v) is 8.94. The second-order valence-electron chi connectivity index (χ2n) is 21.1. The number of carbonyl (C=O) groups excluding carboxylic acids is 2. The summed E-state index contributed by atoms with van der Waals surface area (Å²) in [7, 11) is 1.45. The Balaban J connectivity index is 5.34. The van der Waals surface area contributed by atoms with Gasteiger partial charge in [-0.25, -0.2) is 4.57 Å². The quantitative estimate of drug-likeness (QED) is 0.0205. The lowest BCUT2D eigenvalue weighted by Crippen LogP contribution is -2.47. The van der Waals surface area contributed by atoms with Gasteiger partial charge >= 0.3 is 13.8 Å². The first-order valence-electron chi connectivity index (χ1n) is 29.9. The molecule has 0 aliphatic heterocycles. The third-order valence-corrected chi connectivity index (χ3v) is 13.8. The minimum atomic E-state index is -4.46. The van der Waals surface area contributed by atoms with Crippen molar-refractivity contribution in [2.24, 2.45) is 0 Å². The smallest absolute Gasteiger partial charge is 0.456 e. The molecule has 3 unspecified atom stereocenters. The van der Waals surface area contributed by atoms with Gasteiger partial charge in [0.2, 0.25) is 5.91 Å². The van der Waals surface area contributed by atoms with Crippen LogP contribution in [-0.2, 0) is 27.9 Å². The molecule has 0 bridgehead atoms. The number of likely N-dealkylation sites (N-methyl/N-ethyl adjacent to an activating group) is 1. The first kappa shape index (κ1) is 70.2. The van der Waals surface area contributed by atoms with E-state index < -0.39 is 20.0 Å². The summed E-state index contributed by atoms with van der Waals surface area (Å²) in [5, 5.41) is 3.01. The molecule has 9 nitrogen and oxygen atoms in total. The number of amides is 1. The van der Waals surface area contributed by atoms with Crippen LogP contribution < -0.4 is 5.32 Å². The molecule has 0 aromatic carbocycles. The van der Waals surface area contributed by atoms with Crippen LogP contribution in [0, 0.1) is 0 Å². The fourth-order valence-electron chi connectivity index (χ4n) is 8.21. The summed E-state index contributed by atoms with van der Waals surface area (Å²) in [5.74, 6) is -0.577. The highest BCUT2D eigenvalue weighted by molar-refractivity contribution is 7.47. The maximum absolute atomic E-state index is 13.5. The molecular formula is C63H114N2O7P+. The third kappa shape index (κ3) is 53.8. The van der Waals surface area contributed by atoms with Crippen molar-refractivity contribution in [1.29, 1.82) is 0 Å². The third-order valence-electron chi connectivity index (χ3n) is 12.8. The van der Waals surface area contributed by atoms with E-state index in [0.29, 0.717) is 17.4 Å². The van der Waals surface area contributed by atoms with Gasteiger partial charge in [0.15, 0.2) is 0 Å². The number of nitrogens with zero attached hydrogens (tertiary/aromatic N) is 1. The van der Waals surface area contributed by atoms with Crippen LogP contribution in [0.4, 0.5) is 0 Å². The molecule has 10 heteroatoms. The molecule has 0 aliphatic carbocycles. The molecule has 1 amide bonds. The van der Waals surface area contributed by atoms with E-state index in [2.05, 4.69) is 99.0 Å². The summed E-state index contributed by atoms with van der Waals surface area (Å²) >= 11 is 0. The minimum absolute atomic E-state index is 0.0262. The van der Waals surface area contributed by atoms with Gasteiger partial charge in [-0.1, -0.05) is 228 Å². The lowest BCUT2D eigenvalue weighted by molar-refractivity contribution is -0.870. The van der Waals surface area contributed by atoms with Gasteiger partial charge < -0.3 is 19.4 Å². The zero-order valence-electron chi connectivity index (χ0n) is 48.1. The van der Waals surface area contributed by atoms with Gasteiger partial charge in [0, 0.05) is 12.8 Å². The number of unbranched alkanes of at least 4 members (excludes halogenated alkanes) is 25. The van der Waals surface area contributed by atoms with Crippen LogP contribution in [0.5, 0.6) is 0 Å². The molecule has 0 heterocycles. The Hall–Kier alpha value is -2.81. The molecule has 0 aromatic heterocycles. The van der Waals surface area contributed by atoms with Gasteiger partial charge in [0.05, 0.1) is 33.8 Å². The number of esters is 1. The Morgan fingerprint density at radius 2 is 0.890 bits per heavy atom. The standard InChI is InChI=1S/C63H113N2O7P/c1-7-10-13-16-19-22-25-27-29-31-32-34-36-38-41-44-47-50-53-56-63(67)72-61(54-51-48-45-42-39-24-21-18-15-12-9-3)60(59-71-73(68,69)70-58-57-65(4,5)6)64-62(66)55-52-49-46-43-40-37-35-33-30-28-26-23-20-17-14-11-8-2/h11,14,20,23,27-30,35,37,43,46,51,54,60-61H,7-10,12-13,15-19,21-22,24-26,31-34,36,38-42,44-45,47-50,52-53,55-59H2,1-6H3,(H-,64,66,68,69)/p+1/b14-11-,23-20-,29-27+,30-28-,37-35-,46-43-,54-51+. The van der Waals surface area contributed by atoms with Crippen molar-refractivity contribution in [1.82, 2.24) is 5.32 Å². The van der Waals surface area contributed by atoms with E-state index in [4.69, 9.17) is 13.8 Å². The van der Waals surface area contributed by atoms with Crippen LogP contribution in [0.3, 0.4) is 0 Å². The Morgan fingerprint density at radius 3 is 1.36 bits per heavy atom. The van der Waals surface area contributed by atoms with Crippen molar-refractivity contribution in [3.63, 3.8) is 0 Å². The maximum Gasteiger partial charge on any atom is 0.472 e. The Labute approximate surface area is 450 Å². The number of carbonyl (C=O) groups is 2. The molecule has 0 aromatic rings. The number of ether oxygens (including phenoxy) is 1. The summed E-state index contributed by atoms with van der Waals surface area (Å²) in [5.41, 5.74) is 0. The van der Waals surface area contributed by atoms with Crippen LogP contribution in [-0.4, -0.2) is 74.3 Å². The number of hydrogen-bond donors (Lipinski definition) is 2. The molecule has 2 N–H and O–H groups in total. The molecule has 0 fully saturated rings. The zero-order valence-corrected chi connectivity index (χ0v) is 49.0. The van der Waals surface area contributed by atoms with E-state index in [1.54, 1.807) is 0 Å². The van der Waals surface area contributed by atoms with Gasteiger partial charge in [-0.15, -0.1) is 0 Å². The number of rotatable bonds is 53. The fraction of sp³-hybridized carbons (Fsp3) is 0.746. The van der Waals surface area contributed by atoms with E-state index in [0.717, 1.165) is 77.0 Å². The number of quaternary nitrogens is 1. The number of nitrogens with one attached hydrogen (secondary N) is 1. The number of phosphoric ester groups is 1. The number of phosphoric acid groups is 1. The molecule has 0 saturated heterocycles. The predicted octanol–water partition coefficient (Wildman–Crippen LogP) is 18.2. The SMILES string of the molecule is CC/C=C\C/C=C\C/C=C\C/C=C\C/C=C\CCCC(=O)NC(COP(=O)(O)OCC[N+](C)(C)C)C(/C=C/CCCCCCCCCCC)OC(=O)CCCCCCCCCCC/C=C/CCCCCCCC. The summed E-state index contributed by atoms with van der Waals surface area (Å²) in [6.07, 6.45) is 68.8. The topological polar surface area (TPSA) is 111 Å². The van der Waals surface area contributed by atoms with Gasteiger partial charge in [-0.05, 0) is 96.0 Å². The van der Waals surface area contributed by atoms with Crippen LogP contribution in [0.15, 0.2) is 85.1 Å². The second-order valence-corrected chi connectivity index (χ2v) is 22.6. The van der Waals surface area contributed by atoms with Crippen LogP contribution in [0.2, 0.25) is 0 Å². The van der Waals surface area contributed by atoms with Gasteiger partial charge in [0.1, 0.15) is 19.3 Å². The molecule has 0 aliphatic rings. The first-order chi connectivity index (χ1) is 35.4. The average molecular weight is 1040 g/mol. The lowest BCUT2D eigenvalue weighted by atomic mass is 10.0. The summed E-state index contributed by atoms with van der Waals surface area (Å²) in [6, 6.07) is -0.881. The normalized spacial score (nSPS) is 14.3. The maximum atomic E-state index is 13.5. The highest BCUT2D eigenvalue weighted by atomic mass is 31.2. The van der Waals surface area contributed by atoms with Crippen molar-refractivity contribution in [3.8, 4) is 0 Å².